The number of aromatic nitrogens is 4. The van der Waals surface area contributed by atoms with Crippen molar-refractivity contribution in [3.05, 3.63) is 19.9 Å². The Kier molecular flexibility index (Phi) is 8.73. The summed E-state index contributed by atoms with van der Waals surface area (Å²) in [5.74, 6) is -0.838. The number of nitrogens with zero attached hydrogens (tertiary/aromatic N) is 5. The molecule has 0 saturated carbocycles. The van der Waals surface area contributed by atoms with E-state index in [1.165, 1.54) is 11.8 Å². The molecule has 0 N–H and O–H groups in total. The van der Waals surface area contributed by atoms with Crippen LogP contribution in [0.15, 0.2) is 15.6 Å². The molecule has 1 fully saturated rings. The molecule has 0 spiro atoms. The Morgan fingerprint density at radius 1 is 1.18 bits per heavy atom. The molecule has 1 amide bonds. The number of rotatable bonds is 4. The Hall–Kier alpha value is -1.74. The van der Waals surface area contributed by atoms with Crippen molar-refractivity contribution < 1.29 is 23.5 Å². The molecule has 1 aliphatic heterocycles. The fourth-order valence-electron chi connectivity index (χ4n) is 4.70. The normalized spacial score (nSPS) is 18.6. The number of benzene rings is 1. The van der Waals surface area contributed by atoms with Crippen LogP contribution in [0.5, 0.6) is 0 Å². The number of fused-ring (bicyclic) bond motifs is 3. The topological polar surface area (TPSA) is 99.4 Å². The number of ether oxygens (including phenoxy) is 2. The molecular formula is C26H32BrFIN5O4S. The molecule has 3 aromatic rings. The molecule has 4 rings (SSSR count). The van der Waals surface area contributed by atoms with Crippen molar-refractivity contribution >= 4 is 84.3 Å². The minimum Gasteiger partial charge on any atom is -0.460 e. The van der Waals surface area contributed by atoms with E-state index in [2.05, 4.69) is 53.8 Å². The van der Waals surface area contributed by atoms with Gasteiger partial charge < -0.3 is 14.4 Å². The van der Waals surface area contributed by atoms with E-state index in [0.717, 1.165) is 0 Å². The van der Waals surface area contributed by atoms with Crippen LogP contribution in [0.2, 0.25) is 0 Å². The average Bonchev–Trinajstić information content (AvgIpc) is 3.25. The molecule has 1 aliphatic rings. The van der Waals surface area contributed by atoms with Gasteiger partial charge >= 0.3 is 12.1 Å². The first-order valence-electron chi connectivity index (χ1n) is 12.6. The van der Waals surface area contributed by atoms with Crippen molar-refractivity contribution in [1.29, 1.82) is 0 Å². The number of thioether (sulfide) groups is 1. The van der Waals surface area contributed by atoms with E-state index in [1.807, 2.05) is 53.9 Å². The summed E-state index contributed by atoms with van der Waals surface area (Å²) in [5, 5.41) is 10.1. The number of carbonyl (C=O) groups is 2. The molecule has 3 heterocycles. The molecule has 1 saturated heterocycles. The lowest BCUT2D eigenvalue weighted by Crippen LogP contribution is -2.49. The van der Waals surface area contributed by atoms with Gasteiger partial charge in [0.15, 0.2) is 5.82 Å². The SMILES string of the molecule is CSc1nc2c(F)c(Br)c(I)cc2c2c1nnn2[C@H]1CCN(C(=O)OC(C)(C)C)[C@H](CC(=O)OC(C)(C)C)C1. The minimum absolute atomic E-state index is 0.0114. The van der Waals surface area contributed by atoms with Gasteiger partial charge in [-0.25, -0.2) is 18.9 Å². The Balaban J connectivity index is 1.77. The number of hydrogen-bond acceptors (Lipinski definition) is 8. The van der Waals surface area contributed by atoms with Gasteiger partial charge in [-0.3, -0.25) is 4.79 Å². The summed E-state index contributed by atoms with van der Waals surface area (Å²) in [4.78, 5) is 32.1. The Labute approximate surface area is 253 Å². The molecule has 0 unspecified atom stereocenters. The predicted octanol–water partition coefficient (Wildman–Crippen LogP) is 6.88. The molecule has 0 radical (unpaired) electrons. The van der Waals surface area contributed by atoms with Crippen molar-refractivity contribution in [3.63, 3.8) is 0 Å². The number of likely N-dealkylation sites (tertiary alicyclic amines) is 1. The zero-order valence-corrected chi connectivity index (χ0v) is 27.5. The van der Waals surface area contributed by atoms with Crippen molar-refractivity contribution in [2.24, 2.45) is 0 Å². The molecule has 13 heteroatoms. The van der Waals surface area contributed by atoms with Gasteiger partial charge in [-0.2, -0.15) is 0 Å². The third kappa shape index (κ3) is 6.61. The highest BCUT2D eigenvalue weighted by molar-refractivity contribution is 14.1. The smallest absolute Gasteiger partial charge is 0.410 e. The monoisotopic (exact) mass is 735 g/mol. The summed E-state index contributed by atoms with van der Waals surface area (Å²) in [6.45, 7) is 11.2. The molecule has 0 bridgehead atoms. The van der Waals surface area contributed by atoms with Crippen molar-refractivity contribution in [3.8, 4) is 0 Å². The Morgan fingerprint density at radius 3 is 2.46 bits per heavy atom. The second-order valence-electron chi connectivity index (χ2n) is 11.5. The molecule has 39 heavy (non-hydrogen) atoms. The molecular weight excluding hydrogens is 704 g/mol. The number of amides is 1. The molecule has 9 nitrogen and oxygen atoms in total. The van der Waals surface area contributed by atoms with Crippen molar-refractivity contribution in [1.82, 2.24) is 24.9 Å². The molecule has 212 valence electrons. The zero-order valence-electron chi connectivity index (χ0n) is 23.0. The fourth-order valence-corrected chi connectivity index (χ4v) is 6.06. The van der Waals surface area contributed by atoms with Crippen LogP contribution >= 0.6 is 50.3 Å². The lowest BCUT2D eigenvalue weighted by Gasteiger charge is -2.40. The van der Waals surface area contributed by atoms with E-state index in [-0.39, 0.29) is 18.0 Å². The van der Waals surface area contributed by atoms with Crippen LogP contribution in [-0.2, 0) is 14.3 Å². The van der Waals surface area contributed by atoms with E-state index in [4.69, 9.17) is 9.47 Å². The van der Waals surface area contributed by atoms with Crippen LogP contribution in [-0.4, -0.2) is 67.0 Å². The van der Waals surface area contributed by atoms with E-state index in [0.29, 0.717) is 48.9 Å². The van der Waals surface area contributed by atoms with Crippen LogP contribution in [0.25, 0.3) is 21.9 Å². The number of hydrogen-bond donors (Lipinski definition) is 0. The standard InChI is InChI=1S/C26H32BrFIN5O4S/c1-25(2,3)37-17(35)11-14-10-13(8-9-33(14)24(36)38-26(4,5)6)34-22-15-12-16(29)18(27)19(28)20(15)30-23(39-7)21(22)31-32-34/h12-14H,8-11H2,1-7H3/t13-,14-/m0/s1. The zero-order chi connectivity index (χ0) is 28.9. The summed E-state index contributed by atoms with van der Waals surface area (Å²) in [7, 11) is 0. The van der Waals surface area contributed by atoms with E-state index in [1.54, 1.807) is 9.58 Å². The van der Waals surface area contributed by atoms with Crippen LogP contribution < -0.4 is 0 Å². The van der Waals surface area contributed by atoms with Crippen LogP contribution in [0, 0.1) is 9.39 Å². The number of piperidine rings is 1. The minimum atomic E-state index is -0.678. The molecule has 2 aromatic heterocycles. The van der Waals surface area contributed by atoms with E-state index in [9.17, 15) is 9.59 Å². The van der Waals surface area contributed by atoms with Gasteiger partial charge in [0.25, 0.3) is 0 Å². The summed E-state index contributed by atoms with van der Waals surface area (Å²) in [6, 6.07) is 1.19. The second-order valence-corrected chi connectivity index (χ2v) is 14.3. The number of carbonyl (C=O) groups excluding carboxylic acids is 2. The maximum atomic E-state index is 15.3. The first-order valence-corrected chi connectivity index (χ1v) is 15.7. The van der Waals surface area contributed by atoms with Gasteiger partial charge in [-0.15, -0.1) is 16.9 Å². The fraction of sp³-hybridized carbons (Fsp3) is 0.577. The number of pyridine rings is 1. The number of esters is 1. The van der Waals surface area contributed by atoms with Crippen molar-refractivity contribution in [2.45, 2.75) is 89.1 Å². The van der Waals surface area contributed by atoms with Gasteiger partial charge in [-0.1, -0.05) is 5.21 Å². The Morgan fingerprint density at radius 2 is 1.85 bits per heavy atom. The lowest BCUT2D eigenvalue weighted by atomic mass is 9.94. The van der Waals surface area contributed by atoms with Gasteiger partial charge in [0, 0.05) is 21.5 Å². The average molecular weight is 736 g/mol. The van der Waals surface area contributed by atoms with E-state index >= 15 is 4.39 Å². The molecule has 2 atom stereocenters. The summed E-state index contributed by atoms with van der Waals surface area (Å²) in [6.07, 6.45) is 2.38. The molecule has 1 aromatic carbocycles. The first kappa shape index (κ1) is 30.2. The highest BCUT2D eigenvalue weighted by Crippen LogP contribution is 2.39. The van der Waals surface area contributed by atoms with Gasteiger partial charge in [0.2, 0.25) is 0 Å². The van der Waals surface area contributed by atoms with E-state index < -0.39 is 35.1 Å². The molecule has 0 aliphatic carbocycles. The van der Waals surface area contributed by atoms with Crippen molar-refractivity contribution in [2.75, 3.05) is 12.8 Å². The largest absolute Gasteiger partial charge is 0.460 e. The second kappa shape index (κ2) is 11.3. The van der Waals surface area contributed by atoms with Gasteiger partial charge in [0.1, 0.15) is 32.8 Å². The van der Waals surface area contributed by atoms with Crippen LogP contribution in [0.4, 0.5) is 9.18 Å². The maximum Gasteiger partial charge on any atom is 0.410 e. The third-order valence-corrected chi connectivity index (χ3v) is 9.22. The van der Waals surface area contributed by atoms with Gasteiger partial charge in [-0.05, 0) is 105 Å². The lowest BCUT2D eigenvalue weighted by molar-refractivity contribution is -0.156. The quantitative estimate of drug-likeness (QED) is 0.124. The maximum absolute atomic E-state index is 15.3. The van der Waals surface area contributed by atoms with Gasteiger partial charge in [0.05, 0.1) is 16.9 Å². The third-order valence-electron chi connectivity index (χ3n) is 6.18. The summed E-state index contributed by atoms with van der Waals surface area (Å²) < 4.78 is 29.4. The van der Waals surface area contributed by atoms with Crippen LogP contribution in [0.3, 0.4) is 0 Å². The van der Waals surface area contributed by atoms with Crippen LogP contribution in [0.1, 0.15) is 66.8 Å². The highest BCUT2D eigenvalue weighted by atomic mass is 127. The summed E-state index contributed by atoms with van der Waals surface area (Å²) >= 11 is 6.78. The first-order chi connectivity index (χ1) is 18.1. The Bertz CT molecular complexity index is 1440. The summed E-state index contributed by atoms with van der Waals surface area (Å²) in [5.41, 5.74) is 0.173. The number of halogens is 3. The predicted molar refractivity (Wildman–Crippen MR) is 160 cm³/mol. The highest BCUT2D eigenvalue weighted by Gasteiger charge is 2.38.